The third-order valence-corrected chi connectivity index (χ3v) is 3.02. The van der Waals surface area contributed by atoms with E-state index in [0.29, 0.717) is 25.0 Å². The number of nitrogens with one attached hydrogen (secondary N) is 1. The molecule has 0 atom stereocenters. The molecule has 0 aliphatic rings. The molecule has 0 spiro atoms. The van der Waals surface area contributed by atoms with Gasteiger partial charge in [-0.1, -0.05) is 12.1 Å². The molecule has 0 saturated heterocycles. The molecule has 0 bridgehead atoms. The Morgan fingerprint density at radius 2 is 1.79 bits per heavy atom. The van der Waals surface area contributed by atoms with Gasteiger partial charge in [0, 0.05) is 42.3 Å². The Labute approximate surface area is 111 Å². The lowest BCUT2D eigenvalue weighted by molar-refractivity contribution is 0.155. The fourth-order valence-electron chi connectivity index (χ4n) is 2.13. The van der Waals surface area contributed by atoms with E-state index >= 15 is 0 Å². The quantitative estimate of drug-likeness (QED) is 0.700. The van der Waals surface area contributed by atoms with Crippen LogP contribution in [0.3, 0.4) is 0 Å². The van der Waals surface area contributed by atoms with Gasteiger partial charge in [-0.2, -0.15) is 0 Å². The molecular weight excluding hydrogens is 244 g/mol. The number of hydrogen-bond donors (Lipinski definition) is 3. The summed E-state index contributed by atoms with van der Waals surface area (Å²) in [5.74, 6) is 0. The maximum absolute atomic E-state index is 12.0. The number of aromatic amines is 1. The number of pyridine rings is 1. The topological polar surface area (TPSA) is 76.6 Å². The van der Waals surface area contributed by atoms with Crippen molar-refractivity contribution < 1.29 is 10.2 Å². The van der Waals surface area contributed by atoms with Crippen LogP contribution in [0.15, 0.2) is 35.1 Å². The van der Waals surface area contributed by atoms with E-state index in [0.717, 1.165) is 11.2 Å². The molecule has 0 aliphatic carbocycles. The molecule has 5 nitrogen and oxygen atoms in total. The Hall–Kier alpha value is -1.69. The van der Waals surface area contributed by atoms with Crippen LogP contribution < -0.4 is 5.43 Å². The Balaban J connectivity index is 2.27. The van der Waals surface area contributed by atoms with Gasteiger partial charge < -0.3 is 15.2 Å². The van der Waals surface area contributed by atoms with Gasteiger partial charge >= 0.3 is 0 Å². The molecule has 1 aromatic heterocycles. The van der Waals surface area contributed by atoms with E-state index in [2.05, 4.69) is 4.98 Å². The summed E-state index contributed by atoms with van der Waals surface area (Å²) in [6.45, 7) is 1.49. The van der Waals surface area contributed by atoms with Crippen LogP contribution in [0.4, 0.5) is 0 Å². The van der Waals surface area contributed by atoms with Crippen LogP contribution in [-0.2, 0) is 6.54 Å². The van der Waals surface area contributed by atoms with E-state index in [1.807, 2.05) is 23.1 Å². The number of aliphatic hydroxyl groups excluding tert-OH is 2. The second kappa shape index (κ2) is 6.47. The summed E-state index contributed by atoms with van der Waals surface area (Å²) in [5.41, 5.74) is 1.57. The van der Waals surface area contributed by atoms with Crippen LogP contribution >= 0.6 is 0 Å². The van der Waals surface area contributed by atoms with Gasteiger partial charge in [0.1, 0.15) is 0 Å². The van der Waals surface area contributed by atoms with E-state index in [1.54, 1.807) is 12.1 Å². The first-order chi connectivity index (χ1) is 9.24. The van der Waals surface area contributed by atoms with Crippen molar-refractivity contribution in [3.63, 3.8) is 0 Å². The predicted octanol–water partition coefficient (Wildman–Crippen LogP) is 0.315. The van der Waals surface area contributed by atoms with E-state index in [9.17, 15) is 4.79 Å². The lowest BCUT2D eigenvalue weighted by Crippen LogP contribution is -2.30. The fraction of sp³-hybridized carbons (Fsp3) is 0.357. The smallest absolute Gasteiger partial charge is 0.189 e. The van der Waals surface area contributed by atoms with Crippen molar-refractivity contribution in [2.45, 2.75) is 6.54 Å². The highest BCUT2D eigenvalue weighted by Crippen LogP contribution is 2.08. The minimum Gasteiger partial charge on any atom is -0.395 e. The number of para-hydroxylation sites is 1. The van der Waals surface area contributed by atoms with Crippen molar-refractivity contribution >= 4 is 10.9 Å². The van der Waals surface area contributed by atoms with Gasteiger partial charge in [-0.25, -0.2) is 0 Å². The molecule has 2 aromatic rings. The summed E-state index contributed by atoms with van der Waals surface area (Å²) < 4.78 is 0. The monoisotopic (exact) mass is 262 g/mol. The predicted molar refractivity (Wildman–Crippen MR) is 74.0 cm³/mol. The number of hydrogen-bond acceptors (Lipinski definition) is 4. The molecule has 0 radical (unpaired) electrons. The zero-order valence-corrected chi connectivity index (χ0v) is 10.7. The minimum atomic E-state index is -0.0164. The molecule has 2 rings (SSSR count). The molecular formula is C14H18N2O3. The average molecular weight is 262 g/mol. The second-order valence-corrected chi connectivity index (χ2v) is 4.43. The van der Waals surface area contributed by atoms with Crippen LogP contribution in [0.25, 0.3) is 10.9 Å². The summed E-state index contributed by atoms with van der Waals surface area (Å²) in [6.07, 6.45) is 0. The largest absolute Gasteiger partial charge is 0.395 e. The Morgan fingerprint density at radius 1 is 1.11 bits per heavy atom. The van der Waals surface area contributed by atoms with Crippen molar-refractivity contribution in [1.82, 2.24) is 9.88 Å². The molecule has 0 amide bonds. The number of benzene rings is 1. The first-order valence-electron chi connectivity index (χ1n) is 6.29. The maximum Gasteiger partial charge on any atom is 0.189 e. The third-order valence-electron chi connectivity index (χ3n) is 3.02. The van der Waals surface area contributed by atoms with E-state index in [1.165, 1.54) is 0 Å². The van der Waals surface area contributed by atoms with Gasteiger partial charge in [0.05, 0.1) is 13.2 Å². The number of aliphatic hydroxyl groups is 2. The van der Waals surface area contributed by atoms with E-state index in [-0.39, 0.29) is 18.6 Å². The first kappa shape index (κ1) is 13.7. The molecule has 19 heavy (non-hydrogen) atoms. The highest BCUT2D eigenvalue weighted by Gasteiger charge is 2.07. The zero-order chi connectivity index (χ0) is 13.7. The SMILES string of the molecule is O=c1cc(CN(CCO)CCO)[nH]c2ccccc12. The normalized spacial score (nSPS) is 11.3. The second-order valence-electron chi connectivity index (χ2n) is 4.43. The molecule has 1 heterocycles. The van der Waals surface area contributed by atoms with Gasteiger partial charge in [-0.15, -0.1) is 0 Å². The van der Waals surface area contributed by atoms with Gasteiger partial charge in [0.25, 0.3) is 0 Å². The lowest BCUT2D eigenvalue weighted by atomic mass is 10.2. The molecule has 0 aliphatic heterocycles. The lowest BCUT2D eigenvalue weighted by Gasteiger charge is -2.20. The zero-order valence-electron chi connectivity index (χ0n) is 10.7. The number of nitrogens with zero attached hydrogens (tertiary/aromatic N) is 1. The number of aromatic nitrogens is 1. The van der Waals surface area contributed by atoms with E-state index in [4.69, 9.17) is 10.2 Å². The fourth-order valence-corrected chi connectivity index (χ4v) is 2.13. The standard InChI is InChI=1S/C14H18N2O3/c17-7-5-16(6-8-18)10-11-9-14(19)12-3-1-2-4-13(12)15-11/h1-4,9,17-18H,5-8,10H2,(H,15,19). The van der Waals surface area contributed by atoms with Gasteiger partial charge in [0.2, 0.25) is 0 Å². The molecule has 0 unspecified atom stereocenters. The highest BCUT2D eigenvalue weighted by atomic mass is 16.3. The Kier molecular flexibility index (Phi) is 4.68. The van der Waals surface area contributed by atoms with Gasteiger partial charge in [-0.05, 0) is 12.1 Å². The van der Waals surface area contributed by atoms with Gasteiger partial charge in [-0.3, -0.25) is 9.69 Å². The van der Waals surface area contributed by atoms with Crippen molar-refractivity contribution in [3.8, 4) is 0 Å². The van der Waals surface area contributed by atoms with Crippen molar-refractivity contribution in [1.29, 1.82) is 0 Å². The number of rotatable bonds is 6. The first-order valence-corrected chi connectivity index (χ1v) is 6.29. The summed E-state index contributed by atoms with van der Waals surface area (Å²) in [6, 6.07) is 8.94. The van der Waals surface area contributed by atoms with Crippen LogP contribution in [0.1, 0.15) is 5.69 Å². The van der Waals surface area contributed by atoms with Crippen LogP contribution in [-0.4, -0.2) is 46.4 Å². The summed E-state index contributed by atoms with van der Waals surface area (Å²) in [7, 11) is 0. The number of H-pyrrole nitrogens is 1. The Bertz CT molecular complexity index is 589. The molecule has 3 N–H and O–H groups in total. The van der Waals surface area contributed by atoms with Crippen LogP contribution in [0.5, 0.6) is 0 Å². The average Bonchev–Trinajstić information content (AvgIpc) is 2.39. The number of fused-ring (bicyclic) bond motifs is 1. The van der Waals surface area contributed by atoms with E-state index < -0.39 is 0 Å². The molecule has 1 aromatic carbocycles. The summed E-state index contributed by atoms with van der Waals surface area (Å²) in [4.78, 5) is 17.1. The van der Waals surface area contributed by atoms with Crippen molar-refractivity contribution in [3.05, 3.63) is 46.2 Å². The highest BCUT2D eigenvalue weighted by molar-refractivity contribution is 5.78. The third kappa shape index (κ3) is 3.41. The maximum atomic E-state index is 12.0. The van der Waals surface area contributed by atoms with Gasteiger partial charge in [0.15, 0.2) is 5.43 Å². The Morgan fingerprint density at radius 3 is 2.47 bits per heavy atom. The summed E-state index contributed by atoms with van der Waals surface area (Å²) in [5, 5.41) is 18.6. The molecule has 0 saturated carbocycles. The van der Waals surface area contributed by atoms with Crippen LogP contribution in [0, 0.1) is 0 Å². The van der Waals surface area contributed by atoms with Crippen molar-refractivity contribution in [2.75, 3.05) is 26.3 Å². The van der Waals surface area contributed by atoms with Crippen LogP contribution in [0.2, 0.25) is 0 Å². The molecule has 102 valence electrons. The van der Waals surface area contributed by atoms with Crippen molar-refractivity contribution in [2.24, 2.45) is 0 Å². The minimum absolute atomic E-state index is 0.0164. The summed E-state index contributed by atoms with van der Waals surface area (Å²) >= 11 is 0. The molecule has 5 heteroatoms. The molecule has 0 fully saturated rings.